The molecule has 0 aliphatic carbocycles. The van der Waals surface area contributed by atoms with Crippen molar-refractivity contribution < 1.29 is 4.52 Å². The van der Waals surface area contributed by atoms with Gasteiger partial charge in [-0.1, -0.05) is 5.16 Å². The Morgan fingerprint density at radius 2 is 2.33 bits per heavy atom. The number of rotatable bonds is 5. The maximum absolute atomic E-state index is 5.04. The van der Waals surface area contributed by atoms with Gasteiger partial charge in [-0.2, -0.15) is 4.98 Å². The lowest BCUT2D eigenvalue weighted by Gasteiger charge is -2.32. The van der Waals surface area contributed by atoms with E-state index in [0.717, 1.165) is 32.0 Å². The van der Waals surface area contributed by atoms with Crippen LogP contribution in [0.15, 0.2) is 16.7 Å². The topological polar surface area (TPSA) is 54.2 Å². The number of hydrogen-bond donors (Lipinski definition) is 1. The first-order chi connectivity index (χ1) is 10.2. The molecule has 0 amide bonds. The van der Waals surface area contributed by atoms with Gasteiger partial charge in [0.05, 0.1) is 6.54 Å². The van der Waals surface area contributed by atoms with E-state index in [1.54, 1.807) is 0 Å². The summed E-state index contributed by atoms with van der Waals surface area (Å²) in [6.07, 6.45) is 2.46. The summed E-state index contributed by atoms with van der Waals surface area (Å²) in [4.78, 5) is 9.49. The molecule has 3 rings (SSSR count). The zero-order valence-corrected chi connectivity index (χ0v) is 13.4. The zero-order valence-electron chi connectivity index (χ0n) is 12.6. The van der Waals surface area contributed by atoms with Crippen LogP contribution in [0.1, 0.15) is 34.3 Å². The van der Waals surface area contributed by atoms with E-state index in [-0.39, 0.29) is 0 Å². The van der Waals surface area contributed by atoms with E-state index < -0.39 is 0 Å². The van der Waals surface area contributed by atoms with Crippen molar-refractivity contribution in [3.8, 4) is 0 Å². The van der Waals surface area contributed by atoms with Crippen LogP contribution in [-0.4, -0.2) is 34.2 Å². The van der Waals surface area contributed by atoms with Crippen LogP contribution in [0.2, 0.25) is 0 Å². The highest BCUT2D eigenvalue weighted by atomic mass is 32.1. The highest BCUT2D eigenvalue weighted by Crippen LogP contribution is 2.17. The SMILES string of the molecule is Cc1nc(CN2CCC[C@H](NCc3ccc(C)s3)C2)no1. The molecule has 1 atom stereocenters. The Kier molecular flexibility index (Phi) is 4.67. The van der Waals surface area contributed by atoms with Gasteiger partial charge in [0.15, 0.2) is 5.82 Å². The number of nitrogens with one attached hydrogen (secondary N) is 1. The predicted molar refractivity (Wildman–Crippen MR) is 83.2 cm³/mol. The smallest absolute Gasteiger partial charge is 0.223 e. The number of piperidine rings is 1. The molecule has 2 aromatic heterocycles. The molecule has 5 nitrogen and oxygen atoms in total. The van der Waals surface area contributed by atoms with E-state index in [4.69, 9.17) is 4.52 Å². The summed E-state index contributed by atoms with van der Waals surface area (Å²) in [7, 11) is 0. The molecule has 2 aromatic rings. The van der Waals surface area contributed by atoms with Crippen molar-refractivity contribution in [2.75, 3.05) is 13.1 Å². The number of aryl methyl sites for hydroxylation is 2. The van der Waals surface area contributed by atoms with Gasteiger partial charge in [-0.25, -0.2) is 0 Å². The molecule has 0 bridgehead atoms. The van der Waals surface area contributed by atoms with Crippen molar-refractivity contribution in [3.63, 3.8) is 0 Å². The standard InChI is InChI=1S/C15H22N4OS/c1-11-5-6-14(21-11)8-16-13-4-3-7-19(9-13)10-15-17-12(2)20-18-15/h5-6,13,16H,3-4,7-10H2,1-2H3/t13-/m0/s1. The van der Waals surface area contributed by atoms with Crippen molar-refractivity contribution in [1.29, 1.82) is 0 Å². The minimum atomic E-state index is 0.550. The molecule has 1 saturated heterocycles. The Morgan fingerprint density at radius 1 is 1.43 bits per heavy atom. The molecule has 1 N–H and O–H groups in total. The molecule has 1 aliphatic heterocycles. The van der Waals surface area contributed by atoms with Crippen LogP contribution in [0, 0.1) is 13.8 Å². The van der Waals surface area contributed by atoms with Crippen LogP contribution in [0.4, 0.5) is 0 Å². The Hall–Kier alpha value is -1.24. The van der Waals surface area contributed by atoms with Crippen molar-refractivity contribution in [2.24, 2.45) is 0 Å². The molecule has 0 spiro atoms. The van der Waals surface area contributed by atoms with E-state index in [1.807, 2.05) is 18.3 Å². The molecular weight excluding hydrogens is 284 g/mol. The molecule has 1 fully saturated rings. The summed E-state index contributed by atoms with van der Waals surface area (Å²) >= 11 is 1.87. The van der Waals surface area contributed by atoms with E-state index >= 15 is 0 Å². The van der Waals surface area contributed by atoms with Crippen molar-refractivity contribution in [3.05, 3.63) is 33.6 Å². The minimum absolute atomic E-state index is 0.550. The van der Waals surface area contributed by atoms with Crippen molar-refractivity contribution in [2.45, 2.75) is 45.8 Å². The minimum Gasteiger partial charge on any atom is -0.340 e. The van der Waals surface area contributed by atoms with E-state index in [9.17, 15) is 0 Å². The molecule has 21 heavy (non-hydrogen) atoms. The first-order valence-corrected chi connectivity index (χ1v) is 8.31. The molecule has 0 radical (unpaired) electrons. The third-order valence-corrected chi connectivity index (χ3v) is 4.80. The molecule has 1 aliphatic rings. The monoisotopic (exact) mass is 306 g/mol. The fourth-order valence-electron chi connectivity index (χ4n) is 2.80. The van der Waals surface area contributed by atoms with Gasteiger partial charge in [-0.3, -0.25) is 4.90 Å². The van der Waals surface area contributed by atoms with Crippen LogP contribution in [0.25, 0.3) is 0 Å². The number of likely N-dealkylation sites (tertiary alicyclic amines) is 1. The normalized spacial score (nSPS) is 20.0. The van der Waals surface area contributed by atoms with E-state index in [0.29, 0.717) is 11.9 Å². The predicted octanol–water partition coefficient (Wildman–Crippen LogP) is 2.50. The highest BCUT2D eigenvalue weighted by Gasteiger charge is 2.21. The maximum atomic E-state index is 5.04. The lowest BCUT2D eigenvalue weighted by molar-refractivity contribution is 0.177. The molecule has 3 heterocycles. The van der Waals surface area contributed by atoms with Gasteiger partial charge in [0.25, 0.3) is 0 Å². The van der Waals surface area contributed by atoms with Crippen LogP contribution in [-0.2, 0) is 13.1 Å². The zero-order chi connectivity index (χ0) is 14.7. The number of hydrogen-bond acceptors (Lipinski definition) is 6. The van der Waals surface area contributed by atoms with E-state index in [1.165, 1.54) is 22.6 Å². The average Bonchev–Trinajstić information content (AvgIpc) is 3.06. The second-order valence-corrected chi connectivity index (χ2v) is 7.07. The van der Waals surface area contributed by atoms with Gasteiger partial charge in [0, 0.05) is 35.8 Å². The lowest BCUT2D eigenvalue weighted by atomic mass is 10.1. The summed E-state index contributed by atoms with van der Waals surface area (Å²) in [5.74, 6) is 1.44. The molecule has 114 valence electrons. The van der Waals surface area contributed by atoms with Crippen LogP contribution in [0.3, 0.4) is 0 Å². The van der Waals surface area contributed by atoms with Crippen molar-refractivity contribution in [1.82, 2.24) is 20.4 Å². The molecular formula is C15H22N4OS. The lowest BCUT2D eigenvalue weighted by Crippen LogP contribution is -2.45. The summed E-state index contributed by atoms with van der Waals surface area (Å²) in [5, 5.41) is 7.66. The molecule has 0 aromatic carbocycles. The summed E-state index contributed by atoms with van der Waals surface area (Å²) in [5.41, 5.74) is 0. The average molecular weight is 306 g/mol. The second kappa shape index (κ2) is 6.68. The Bertz CT molecular complexity index is 580. The number of thiophene rings is 1. The van der Waals surface area contributed by atoms with Gasteiger partial charge in [-0.05, 0) is 38.4 Å². The number of nitrogens with zero attached hydrogens (tertiary/aromatic N) is 3. The third-order valence-electron chi connectivity index (χ3n) is 3.80. The number of aromatic nitrogens is 2. The third kappa shape index (κ3) is 4.12. The largest absolute Gasteiger partial charge is 0.340 e. The van der Waals surface area contributed by atoms with Crippen LogP contribution < -0.4 is 5.32 Å². The summed E-state index contributed by atoms with van der Waals surface area (Å²) in [6, 6.07) is 4.96. The summed E-state index contributed by atoms with van der Waals surface area (Å²) in [6.45, 7) is 7.91. The van der Waals surface area contributed by atoms with Gasteiger partial charge in [-0.15, -0.1) is 11.3 Å². The molecule has 0 saturated carbocycles. The van der Waals surface area contributed by atoms with Gasteiger partial charge >= 0.3 is 0 Å². The first kappa shape index (κ1) is 14.7. The quantitative estimate of drug-likeness (QED) is 0.920. The van der Waals surface area contributed by atoms with Gasteiger partial charge in [0.2, 0.25) is 5.89 Å². The molecule has 0 unspecified atom stereocenters. The fraction of sp³-hybridized carbons (Fsp3) is 0.600. The second-order valence-electron chi connectivity index (χ2n) is 5.70. The molecule has 6 heteroatoms. The Balaban J connectivity index is 1.48. The van der Waals surface area contributed by atoms with Crippen LogP contribution >= 0.6 is 11.3 Å². The Morgan fingerprint density at radius 3 is 3.05 bits per heavy atom. The first-order valence-electron chi connectivity index (χ1n) is 7.49. The van der Waals surface area contributed by atoms with Gasteiger partial charge < -0.3 is 9.84 Å². The maximum Gasteiger partial charge on any atom is 0.223 e. The Labute approximate surface area is 129 Å². The van der Waals surface area contributed by atoms with Crippen molar-refractivity contribution >= 4 is 11.3 Å². The van der Waals surface area contributed by atoms with Gasteiger partial charge in [0.1, 0.15) is 0 Å². The summed E-state index contributed by atoms with van der Waals surface area (Å²) < 4.78 is 5.04. The van der Waals surface area contributed by atoms with E-state index in [2.05, 4.69) is 39.4 Å². The highest BCUT2D eigenvalue weighted by molar-refractivity contribution is 7.11. The fourth-order valence-corrected chi connectivity index (χ4v) is 3.64. The van der Waals surface area contributed by atoms with Crippen LogP contribution in [0.5, 0.6) is 0 Å².